The molecule has 0 aromatic carbocycles. The molecule has 0 amide bonds. The molecule has 0 spiro atoms. The Labute approximate surface area is 130 Å². The van der Waals surface area contributed by atoms with Crippen molar-refractivity contribution in [3.8, 4) is 0 Å². The van der Waals surface area contributed by atoms with Crippen LogP contribution in [0.5, 0.6) is 0 Å². The smallest absolute Gasteiger partial charge is 0.214 e. The van der Waals surface area contributed by atoms with E-state index in [9.17, 15) is 0 Å². The minimum atomic E-state index is 0.0374. The summed E-state index contributed by atoms with van der Waals surface area (Å²) in [6.45, 7) is 6.35. The molecule has 0 bridgehead atoms. The van der Waals surface area contributed by atoms with Gasteiger partial charge in [-0.25, -0.2) is 14.5 Å². The van der Waals surface area contributed by atoms with E-state index in [-0.39, 0.29) is 6.10 Å². The third kappa shape index (κ3) is 2.43. The number of aryl methyl sites for hydroxylation is 2. The Bertz CT molecular complexity index is 745. The van der Waals surface area contributed by atoms with E-state index in [0.717, 1.165) is 39.6 Å². The minimum Gasteiger partial charge on any atom is -0.367 e. The summed E-state index contributed by atoms with van der Waals surface area (Å²) in [4.78, 5) is 12.2. The fraction of sp³-hybridized carbons (Fsp3) is 0.462. The number of thiazole rings is 1. The van der Waals surface area contributed by atoms with Gasteiger partial charge in [-0.3, -0.25) is 0 Å². The summed E-state index contributed by atoms with van der Waals surface area (Å²) in [6, 6.07) is 0. The predicted octanol–water partition coefficient (Wildman–Crippen LogP) is 2.44. The fourth-order valence-corrected chi connectivity index (χ4v) is 4.22. The number of morpholine rings is 1. The van der Waals surface area contributed by atoms with Crippen LogP contribution in [0.3, 0.4) is 0 Å². The summed E-state index contributed by atoms with van der Waals surface area (Å²) in [5, 5.41) is 8.73. The van der Waals surface area contributed by atoms with E-state index in [1.165, 1.54) is 0 Å². The van der Waals surface area contributed by atoms with Gasteiger partial charge in [0.25, 0.3) is 0 Å². The molecule has 1 aliphatic heterocycles. The second kappa shape index (κ2) is 5.04. The van der Waals surface area contributed by atoms with Crippen LogP contribution in [-0.4, -0.2) is 39.3 Å². The van der Waals surface area contributed by atoms with Crippen LogP contribution in [-0.2, 0) is 4.74 Å². The molecule has 0 aliphatic carbocycles. The topological polar surface area (TPSA) is 55.6 Å². The zero-order chi connectivity index (χ0) is 14.4. The lowest BCUT2D eigenvalue weighted by molar-refractivity contribution is 0.0395. The van der Waals surface area contributed by atoms with Crippen LogP contribution in [0.2, 0.25) is 0 Å². The zero-order valence-corrected chi connectivity index (χ0v) is 13.4. The molecule has 1 atom stereocenters. The summed E-state index contributed by atoms with van der Waals surface area (Å²) in [5.41, 5.74) is 2.05. The van der Waals surface area contributed by atoms with Crippen LogP contribution in [0.4, 0.5) is 5.13 Å². The number of hydrogen-bond acceptors (Lipinski definition) is 7. The number of anilines is 1. The molecule has 4 heterocycles. The van der Waals surface area contributed by atoms with E-state index in [2.05, 4.69) is 25.3 Å². The Morgan fingerprint density at radius 1 is 1.29 bits per heavy atom. The second-order valence-electron chi connectivity index (χ2n) is 5.13. The summed E-state index contributed by atoms with van der Waals surface area (Å²) in [5.74, 6) is 0. The van der Waals surface area contributed by atoms with Crippen LogP contribution in [0.1, 0.15) is 22.5 Å². The maximum absolute atomic E-state index is 5.86. The quantitative estimate of drug-likeness (QED) is 0.725. The molecule has 1 aliphatic rings. The average Bonchev–Trinajstić information content (AvgIpc) is 3.13. The number of imidazole rings is 1. The molecule has 1 fully saturated rings. The second-order valence-corrected chi connectivity index (χ2v) is 6.95. The number of aromatic nitrogens is 4. The van der Waals surface area contributed by atoms with Crippen molar-refractivity contribution in [1.29, 1.82) is 0 Å². The fourth-order valence-electron chi connectivity index (χ4n) is 2.42. The van der Waals surface area contributed by atoms with Gasteiger partial charge >= 0.3 is 0 Å². The number of ether oxygens (including phenoxy) is 1. The molecular formula is C13H15N5OS2. The third-order valence-corrected chi connectivity index (χ3v) is 5.44. The van der Waals surface area contributed by atoms with Gasteiger partial charge in [0, 0.05) is 17.6 Å². The van der Waals surface area contributed by atoms with Crippen molar-refractivity contribution in [1.82, 2.24) is 19.6 Å². The van der Waals surface area contributed by atoms with E-state index in [1.807, 2.05) is 24.6 Å². The van der Waals surface area contributed by atoms with Crippen molar-refractivity contribution in [3.05, 3.63) is 28.0 Å². The minimum absolute atomic E-state index is 0.0374. The SMILES string of the molecule is Cc1csc([C@H]2CN(c3nn4cc(C)nc4s3)CCO2)n1. The van der Waals surface area contributed by atoms with Gasteiger partial charge in [0.15, 0.2) is 0 Å². The number of hydrogen-bond donors (Lipinski definition) is 0. The maximum Gasteiger partial charge on any atom is 0.214 e. The normalized spacial score (nSPS) is 19.5. The molecule has 3 aromatic heterocycles. The summed E-state index contributed by atoms with van der Waals surface area (Å²) < 4.78 is 7.72. The Morgan fingerprint density at radius 3 is 2.95 bits per heavy atom. The first-order valence-electron chi connectivity index (χ1n) is 6.80. The third-order valence-electron chi connectivity index (χ3n) is 3.40. The summed E-state index contributed by atoms with van der Waals surface area (Å²) >= 11 is 3.29. The van der Waals surface area contributed by atoms with Crippen molar-refractivity contribution in [3.63, 3.8) is 0 Å². The molecule has 6 nitrogen and oxygen atoms in total. The highest BCUT2D eigenvalue weighted by atomic mass is 32.1. The first-order valence-corrected chi connectivity index (χ1v) is 8.50. The van der Waals surface area contributed by atoms with Crippen molar-refractivity contribution in [2.45, 2.75) is 20.0 Å². The first kappa shape index (κ1) is 13.2. The molecule has 1 saturated heterocycles. The Morgan fingerprint density at radius 2 is 2.19 bits per heavy atom. The average molecular weight is 321 g/mol. The van der Waals surface area contributed by atoms with Crippen LogP contribution in [0.15, 0.2) is 11.6 Å². The van der Waals surface area contributed by atoms with Crippen molar-refractivity contribution in [2.24, 2.45) is 0 Å². The zero-order valence-electron chi connectivity index (χ0n) is 11.8. The Hall–Kier alpha value is -1.51. The van der Waals surface area contributed by atoms with Gasteiger partial charge in [0.2, 0.25) is 10.1 Å². The van der Waals surface area contributed by atoms with Gasteiger partial charge in [-0.1, -0.05) is 11.3 Å². The number of rotatable bonds is 2. The molecule has 110 valence electrons. The maximum atomic E-state index is 5.86. The lowest BCUT2D eigenvalue weighted by Gasteiger charge is -2.31. The predicted molar refractivity (Wildman–Crippen MR) is 83.4 cm³/mol. The van der Waals surface area contributed by atoms with Gasteiger partial charge < -0.3 is 9.64 Å². The van der Waals surface area contributed by atoms with Crippen LogP contribution < -0.4 is 4.90 Å². The molecular weight excluding hydrogens is 306 g/mol. The Kier molecular flexibility index (Phi) is 3.16. The first-order chi connectivity index (χ1) is 10.2. The van der Waals surface area contributed by atoms with Gasteiger partial charge in [-0.2, -0.15) is 0 Å². The lowest BCUT2D eigenvalue weighted by Crippen LogP contribution is -2.38. The van der Waals surface area contributed by atoms with Crippen LogP contribution in [0.25, 0.3) is 4.96 Å². The molecule has 3 aromatic rings. The van der Waals surface area contributed by atoms with Gasteiger partial charge in [0.1, 0.15) is 11.1 Å². The van der Waals surface area contributed by atoms with Crippen LogP contribution in [0, 0.1) is 13.8 Å². The lowest BCUT2D eigenvalue weighted by atomic mass is 10.3. The Balaban J connectivity index is 1.58. The highest BCUT2D eigenvalue weighted by molar-refractivity contribution is 7.20. The highest BCUT2D eigenvalue weighted by Crippen LogP contribution is 2.30. The van der Waals surface area contributed by atoms with Crippen molar-refractivity contribution in [2.75, 3.05) is 24.6 Å². The molecule has 0 unspecified atom stereocenters. The van der Waals surface area contributed by atoms with E-state index in [0.29, 0.717) is 6.61 Å². The molecule has 8 heteroatoms. The number of fused-ring (bicyclic) bond motifs is 1. The van der Waals surface area contributed by atoms with E-state index < -0.39 is 0 Å². The monoisotopic (exact) mass is 321 g/mol. The number of nitrogens with zero attached hydrogens (tertiary/aromatic N) is 5. The highest BCUT2D eigenvalue weighted by Gasteiger charge is 2.26. The molecule has 4 rings (SSSR count). The molecule has 21 heavy (non-hydrogen) atoms. The van der Waals surface area contributed by atoms with Gasteiger partial charge in [-0.05, 0) is 13.8 Å². The largest absolute Gasteiger partial charge is 0.367 e. The molecule has 0 radical (unpaired) electrons. The van der Waals surface area contributed by atoms with Crippen molar-refractivity contribution < 1.29 is 4.74 Å². The molecule has 0 saturated carbocycles. The summed E-state index contributed by atoms with van der Waals surface area (Å²) in [6.07, 6.45) is 1.99. The summed E-state index contributed by atoms with van der Waals surface area (Å²) in [7, 11) is 0. The van der Waals surface area contributed by atoms with E-state index >= 15 is 0 Å². The van der Waals surface area contributed by atoms with E-state index in [4.69, 9.17) is 4.74 Å². The standard InChI is InChI=1S/C13H15N5OS2/c1-8-5-18-12(15-8)21-13(16-18)17-3-4-19-10(6-17)11-14-9(2)7-20-11/h5,7,10H,3-4,6H2,1-2H3/t10-/m1/s1. The van der Waals surface area contributed by atoms with E-state index in [1.54, 1.807) is 22.7 Å². The van der Waals surface area contributed by atoms with Gasteiger partial charge in [-0.15, -0.1) is 16.4 Å². The molecule has 0 N–H and O–H groups in total. The van der Waals surface area contributed by atoms with Gasteiger partial charge in [0.05, 0.1) is 25.0 Å². The van der Waals surface area contributed by atoms with Crippen LogP contribution >= 0.6 is 22.7 Å². The van der Waals surface area contributed by atoms with Crippen molar-refractivity contribution >= 4 is 32.8 Å².